The summed E-state index contributed by atoms with van der Waals surface area (Å²) in [5.74, 6) is -0.351. The number of aromatic nitrogens is 1. The molecule has 2 N–H and O–H groups in total. The number of pyridine rings is 1. The predicted octanol–water partition coefficient (Wildman–Crippen LogP) is 2.15. The second kappa shape index (κ2) is 8.98. The lowest BCUT2D eigenvalue weighted by Crippen LogP contribution is -2.38. The third-order valence-corrected chi connectivity index (χ3v) is 4.60. The van der Waals surface area contributed by atoms with Gasteiger partial charge in [0.25, 0.3) is 11.5 Å². The Labute approximate surface area is 157 Å². The Hall–Kier alpha value is -2.15. The number of carbonyl (C=O) groups excluding carboxylic acids is 1. The molecule has 1 fully saturated rings. The molecule has 3 rings (SSSR count). The molecule has 0 bridgehead atoms. The van der Waals surface area contributed by atoms with Crippen molar-refractivity contribution < 1.29 is 9.53 Å². The topological polar surface area (TPSA) is 74.4 Å². The van der Waals surface area contributed by atoms with Gasteiger partial charge in [0.15, 0.2) is 0 Å². The molecule has 1 aromatic carbocycles. The van der Waals surface area contributed by atoms with E-state index in [1.165, 1.54) is 0 Å². The highest BCUT2D eigenvalue weighted by atomic mass is 35.5. The fraction of sp³-hybridized carbons (Fsp3) is 0.368. The van der Waals surface area contributed by atoms with Gasteiger partial charge in [-0.1, -0.05) is 23.7 Å². The van der Waals surface area contributed by atoms with Crippen molar-refractivity contribution in [2.75, 3.05) is 39.4 Å². The lowest BCUT2D eigenvalue weighted by Gasteiger charge is -2.26. The number of aromatic amines is 1. The number of H-pyrrole nitrogens is 1. The van der Waals surface area contributed by atoms with Gasteiger partial charge in [-0.05, 0) is 42.8 Å². The van der Waals surface area contributed by atoms with E-state index in [1.54, 1.807) is 24.3 Å². The number of halogens is 1. The Morgan fingerprint density at radius 3 is 2.58 bits per heavy atom. The molecular weight excluding hydrogens is 354 g/mol. The van der Waals surface area contributed by atoms with Crippen molar-refractivity contribution in [3.05, 3.63) is 57.3 Å². The van der Waals surface area contributed by atoms with Gasteiger partial charge in [-0.25, -0.2) is 0 Å². The summed E-state index contributed by atoms with van der Waals surface area (Å²) >= 11 is 5.87. The van der Waals surface area contributed by atoms with Crippen LogP contribution in [0.15, 0.2) is 41.2 Å². The Kier molecular flexibility index (Phi) is 6.44. The largest absolute Gasteiger partial charge is 0.379 e. The molecule has 1 aromatic heterocycles. The number of rotatable bonds is 6. The van der Waals surface area contributed by atoms with Crippen LogP contribution in [-0.2, 0) is 4.74 Å². The van der Waals surface area contributed by atoms with Gasteiger partial charge in [-0.3, -0.25) is 14.5 Å². The van der Waals surface area contributed by atoms with Crippen molar-refractivity contribution in [1.82, 2.24) is 15.2 Å². The molecule has 7 heteroatoms. The third kappa shape index (κ3) is 4.94. The maximum absolute atomic E-state index is 12.2. The van der Waals surface area contributed by atoms with Crippen LogP contribution in [0.3, 0.4) is 0 Å². The van der Waals surface area contributed by atoms with Gasteiger partial charge in [0.2, 0.25) is 0 Å². The van der Waals surface area contributed by atoms with E-state index in [1.807, 2.05) is 12.1 Å². The zero-order valence-electron chi connectivity index (χ0n) is 14.5. The molecular formula is C19H22ClN3O3. The molecule has 0 saturated carbocycles. The minimum atomic E-state index is -0.400. The summed E-state index contributed by atoms with van der Waals surface area (Å²) < 4.78 is 5.31. The lowest BCUT2D eigenvalue weighted by molar-refractivity contribution is 0.0374. The summed E-state index contributed by atoms with van der Waals surface area (Å²) in [6.45, 7) is 4.84. The van der Waals surface area contributed by atoms with Crippen molar-refractivity contribution in [2.24, 2.45) is 0 Å². The standard InChI is InChI=1S/C19H22ClN3O3/c20-15-4-2-14(3-5-15)17-7-6-16(19(25)22-17)18(24)21-8-1-9-23-10-12-26-13-11-23/h2-7H,1,8-13H2,(H,21,24)(H,22,25). The zero-order valence-corrected chi connectivity index (χ0v) is 15.2. The number of nitrogens with one attached hydrogen (secondary N) is 2. The average molecular weight is 376 g/mol. The van der Waals surface area contributed by atoms with E-state index in [4.69, 9.17) is 16.3 Å². The van der Waals surface area contributed by atoms with Gasteiger partial charge in [0.1, 0.15) is 5.56 Å². The van der Waals surface area contributed by atoms with E-state index in [9.17, 15) is 9.59 Å². The summed E-state index contributed by atoms with van der Waals surface area (Å²) in [5, 5.41) is 3.44. The number of carbonyl (C=O) groups is 1. The third-order valence-electron chi connectivity index (χ3n) is 4.35. The highest BCUT2D eigenvalue weighted by molar-refractivity contribution is 6.30. The van der Waals surface area contributed by atoms with Gasteiger partial charge in [0.05, 0.1) is 13.2 Å². The quantitative estimate of drug-likeness (QED) is 0.759. The first-order chi connectivity index (χ1) is 12.6. The van der Waals surface area contributed by atoms with Crippen LogP contribution in [0.2, 0.25) is 5.02 Å². The highest BCUT2D eigenvalue weighted by Gasteiger charge is 2.12. The summed E-state index contributed by atoms with van der Waals surface area (Å²) in [6, 6.07) is 10.4. The van der Waals surface area contributed by atoms with Crippen molar-refractivity contribution in [2.45, 2.75) is 6.42 Å². The summed E-state index contributed by atoms with van der Waals surface area (Å²) in [7, 11) is 0. The molecule has 138 valence electrons. The van der Waals surface area contributed by atoms with E-state index >= 15 is 0 Å². The minimum Gasteiger partial charge on any atom is -0.379 e. The minimum absolute atomic E-state index is 0.120. The fourth-order valence-corrected chi connectivity index (χ4v) is 3.00. The number of hydrogen-bond donors (Lipinski definition) is 2. The van der Waals surface area contributed by atoms with Crippen LogP contribution in [0.1, 0.15) is 16.8 Å². The number of morpholine rings is 1. The first-order valence-electron chi connectivity index (χ1n) is 8.71. The van der Waals surface area contributed by atoms with E-state index in [0.717, 1.165) is 44.8 Å². The molecule has 26 heavy (non-hydrogen) atoms. The molecule has 6 nitrogen and oxygen atoms in total. The Morgan fingerprint density at radius 1 is 1.15 bits per heavy atom. The number of benzene rings is 1. The number of ether oxygens (including phenoxy) is 1. The SMILES string of the molecule is O=C(NCCCN1CCOCC1)c1ccc(-c2ccc(Cl)cc2)[nH]c1=O. The molecule has 1 aliphatic heterocycles. The Bertz CT molecular complexity index is 798. The molecule has 1 amide bonds. The lowest BCUT2D eigenvalue weighted by atomic mass is 10.1. The average Bonchev–Trinajstić information content (AvgIpc) is 2.66. The Balaban J connectivity index is 1.54. The molecule has 0 unspecified atom stereocenters. The van der Waals surface area contributed by atoms with Gasteiger partial charge < -0.3 is 15.0 Å². The van der Waals surface area contributed by atoms with Gasteiger partial charge in [0, 0.05) is 30.4 Å². The summed E-state index contributed by atoms with van der Waals surface area (Å²) in [5.41, 5.74) is 1.21. The monoisotopic (exact) mass is 375 g/mol. The van der Waals surface area contributed by atoms with Crippen LogP contribution in [0.25, 0.3) is 11.3 Å². The maximum atomic E-state index is 12.2. The van der Waals surface area contributed by atoms with E-state index in [0.29, 0.717) is 17.3 Å². The van der Waals surface area contributed by atoms with Gasteiger partial charge in [-0.2, -0.15) is 0 Å². The molecule has 0 radical (unpaired) electrons. The van der Waals surface area contributed by atoms with Crippen molar-refractivity contribution in [1.29, 1.82) is 0 Å². The molecule has 1 aliphatic rings. The van der Waals surface area contributed by atoms with Gasteiger partial charge >= 0.3 is 0 Å². The van der Waals surface area contributed by atoms with E-state index in [2.05, 4.69) is 15.2 Å². The molecule has 1 saturated heterocycles. The Morgan fingerprint density at radius 2 is 1.88 bits per heavy atom. The second-order valence-electron chi connectivity index (χ2n) is 6.19. The fourth-order valence-electron chi connectivity index (χ4n) is 2.87. The van der Waals surface area contributed by atoms with Crippen LogP contribution < -0.4 is 10.9 Å². The predicted molar refractivity (Wildman–Crippen MR) is 102 cm³/mol. The van der Waals surface area contributed by atoms with Crippen molar-refractivity contribution >= 4 is 17.5 Å². The molecule has 0 aliphatic carbocycles. The zero-order chi connectivity index (χ0) is 18.4. The van der Waals surface area contributed by atoms with Crippen LogP contribution in [-0.4, -0.2) is 55.2 Å². The van der Waals surface area contributed by atoms with E-state index < -0.39 is 5.56 Å². The second-order valence-corrected chi connectivity index (χ2v) is 6.62. The number of hydrogen-bond acceptors (Lipinski definition) is 4. The van der Waals surface area contributed by atoms with Crippen LogP contribution >= 0.6 is 11.6 Å². The molecule has 2 heterocycles. The normalized spacial score (nSPS) is 15.0. The van der Waals surface area contributed by atoms with Crippen LogP contribution in [0.5, 0.6) is 0 Å². The number of amides is 1. The molecule has 2 aromatic rings. The summed E-state index contributed by atoms with van der Waals surface area (Å²) in [4.78, 5) is 29.5. The first-order valence-corrected chi connectivity index (χ1v) is 9.09. The number of nitrogens with zero attached hydrogens (tertiary/aromatic N) is 1. The highest BCUT2D eigenvalue weighted by Crippen LogP contribution is 2.18. The van der Waals surface area contributed by atoms with E-state index in [-0.39, 0.29) is 11.5 Å². The smallest absolute Gasteiger partial charge is 0.261 e. The summed E-state index contributed by atoms with van der Waals surface area (Å²) in [6.07, 6.45) is 0.840. The van der Waals surface area contributed by atoms with Crippen molar-refractivity contribution in [3.8, 4) is 11.3 Å². The van der Waals surface area contributed by atoms with Crippen molar-refractivity contribution in [3.63, 3.8) is 0 Å². The molecule has 0 spiro atoms. The first kappa shape index (κ1) is 18.6. The maximum Gasteiger partial charge on any atom is 0.261 e. The van der Waals surface area contributed by atoms with Crippen LogP contribution in [0.4, 0.5) is 0 Å². The molecule has 0 atom stereocenters. The van der Waals surface area contributed by atoms with Crippen LogP contribution in [0, 0.1) is 0 Å². The van der Waals surface area contributed by atoms with Gasteiger partial charge in [-0.15, -0.1) is 0 Å².